The van der Waals surface area contributed by atoms with Crippen molar-refractivity contribution in [3.05, 3.63) is 21.4 Å². The van der Waals surface area contributed by atoms with Crippen LogP contribution in [0, 0.1) is 37.5 Å². The van der Waals surface area contributed by atoms with Gasteiger partial charge in [-0.3, -0.25) is 4.79 Å². The first-order valence-electron chi connectivity index (χ1n) is 8.37. The number of hydrogen-bond acceptors (Lipinski definition) is 2. The maximum atomic E-state index is 12.9. The smallest absolute Gasteiger partial charge is 0.263 e. The van der Waals surface area contributed by atoms with E-state index in [1.165, 1.54) is 42.5 Å². The Kier molecular flexibility index (Phi) is 3.18. The molecule has 0 atom stereocenters. The van der Waals surface area contributed by atoms with Crippen molar-refractivity contribution in [3.8, 4) is 0 Å². The number of thiophene rings is 1. The van der Waals surface area contributed by atoms with Gasteiger partial charge in [-0.1, -0.05) is 0 Å². The van der Waals surface area contributed by atoms with Crippen molar-refractivity contribution in [2.75, 3.05) is 7.05 Å². The molecule has 114 valence electrons. The van der Waals surface area contributed by atoms with E-state index in [2.05, 4.69) is 31.9 Å². The maximum absolute atomic E-state index is 12.9. The molecule has 5 rings (SSSR count). The molecule has 0 aliphatic heterocycles. The number of hydrogen-bond donors (Lipinski definition) is 0. The molecule has 2 nitrogen and oxygen atoms in total. The summed E-state index contributed by atoms with van der Waals surface area (Å²) in [4.78, 5) is 17.2. The third-order valence-corrected chi connectivity index (χ3v) is 7.46. The van der Waals surface area contributed by atoms with Gasteiger partial charge >= 0.3 is 0 Å². The molecule has 0 spiro atoms. The van der Waals surface area contributed by atoms with Crippen LogP contribution in [0.1, 0.15) is 52.2 Å². The summed E-state index contributed by atoms with van der Waals surface area (Å²) in [5.74, 6) is 3.75. The summed E-state index contributed by atoms with van der Waals surface area (Å²) in [5.41, 5.74) is 1.25. The second kappa shape index (κ2) is 4.84. The Morgan fingerprint density at radius 2 is 1.67 bits per heavy atom. The second-order valence-corrected chi connectivity index (χ2v) is 8.94. The van der Waals surface area contributed by atoms with Crippen LogP contribution in [0.2, 0.25) is 0 Å². The Hall–Kier alpha value is -0.830. The molecule has 0 radical (unpaired) electrons. The number of carbonyl (C=O) groups excluding carboxylic acids is 1. The molecule has 4 fully saturated rings. The van der Waals surface area contributed by atoms with Crippen LogP contribution >= 0.6 is 11.3 Å². The lowest BCUT2D eigenvalue weighted by Crippen LogP contribution is -2.56. The molecule has 0 saturated heterocycles. The number of nitrogens with zero attached hydrogens (tertiary/aromatic N) is 1. The minimum atomic E-state index is 0.258. The maximum Gasteiger partial charge on any atom is 0.263 e. The first-order chi connectivity index (χ1) is 10.0. The van der Waals surface area contributed by atoms with Crippen LogP contribution in [-0.4, -0.2) is 23.9 Å². The van der Waals surface area contributed by atoms with Crippen LogP contribution in [0.25, 0.3) is 0 Å². The zero-order chi connectivity index (χ0) is 14.7. The van der Waals surface area contributed by atoms with Gasteiger partial charge in [0.2, 0.25) is 0 Å². The fourth-order valence-electron chi connectivity index (χ4n) is 5.52. The van der Waals surface area contributed by atoms with Crippen molar-refractivity contribution in [2.45, 2.75) is 52.0 Å². The SMILES string of the molecule is Cc1cc(C(=O)N(C)C2C3CC4CC(C3)CC2C4)sc1C. The fraction of sp³-hybridized carbons (Fsp3) is 0.722. The molecule has 3 heteroatoms. The monoisotopic (exact) mass is 303 g/mol. The normalized spacial score (nSPS) is 37.0. The van der Waals surface area contributed by atoms with Crippen LogP contribution in [0.5, 0.6) is 0 Å². The van der Waals surface area contributed by atoms with E-state index < -0.39 is 0 Å². The molecule has 1 heterocycles. The highest BCUT2D eigenvalue weighted by molar-refractivity contribution is 7.14. The third kappa shape index (κ3) is 2.16. The zero-order valence-electron chi connectivity index (χ0n) is 13.3. The Morgan fingerprint density at radius 1 is 1.10 bits per heavy atom. The van der Waals surface area contributed by atoms with Gasteiger partial charge in [0, 0.05) is 18.0 Å². The van der Waals surface area contributed by atoms with Gasteiger partial charge in [-0.2, -0.15) is 0 Å². The van der Waals surface area contributed by atoms with Gasteiger partial charge in [0.25, 0.3) is 5.91 Å². The van der Waals surface area contributed by atoms with Crippen LogP contribution in [0.15, 0.2) is 6.07 Å². The standard InChI is InChI=1S/C18H25NOS/c1-10-4-16(21-11(10)2)18(20)19(3)17-14-6-12-5-13(8-14)9-15(17)7-12/h4,12-15,17H,5-9H2,1-3H3. The van der Waals surface area contributed by atoms with E-state index in [1.54, 1.807) is 11.3 Å². The lowest BCUT2D eigenvalue weighted by molar-refractivity contribution is -0.0489. The highest BCUT2D eigenvalue weighted by Gasteiger charge is 2.50. The predicted molar refractivity (Wildman–Crippen MR) is 86.7 cm³/mol. The van der Waals surface area contributed by atoms with Crippen molar-refractivity contribution in [2.24, 2.45) is 23.7 Å². The Bertz CT molecular complexity index is 528. The molecule has 4 aliphatic carbocycles. The first-order valence-corrected chi connectivity index (χ1v) is 9.18. The molecular formula is C18H25NOS. The summed E-state index contributed by atoms with van der Waals surface area (Å²) in [6, 6.07) is 2.59. The van der Waals surface area contributed by atoms with Gasteiger partial charge in [0.1, 0.15) is 0 Å². The quantitative estimate of drug-likeness (QED) is 0.799. The van der Waals surface area contributed by atoms with Gasteiger partial charge in [0.15, 0.2) is 0 Å². The van der Waals surface area contributed by atoms with E-state index >= 15 is 0 Å². The Morgan fingerprint density at radius 3 is 2.14 bits per heavy atom. The van der Waals surface area contributed by atoms with Crippen molar-refractivity contribution >= 4 is 17.2 Å². The first kappa shape index (κ1) is 13.8. The van der Waals surface area contributed by atoms with Crippen LogP contribution in [0.3, 0.4) is 0 Å². The number of rotatable bonds is 2. The number of aryl methyl sites for hydroxylation is 2. The molecule has 4 bridgehead atoms. The largest absolute Gasteiger partial charge is 0.337 e. The topological polar surface area (TPSA) is 20.3 Å². The minimum absolute atomic E-state index is 0.258. The van der Waals surface area contributed by atoms with E-state index in [4.69, 9.17) is 0 Å². The van der Waals surface area contributed by atoms with Crippen molar-refractivity contribution < 1.29 is 4.79 Å². The van der Waals surface area contributed by atoms with Crippen molar-refractivity contribution in [1.29, 1.82) is 0 Å². The number of amides is 1. The molecule has 1 aromatic heterocycles. The molecule has 0 unspecified atom stereocenters. The summed E-state index contributed by atoms with van der Waals surface area (Å²) < 4.78 is 0. The minimum Gasteiger partial charge on any atom is -0.337 e. The Labute approximate surface area is 131 Å². The van der Waals surface area contributed by atoms with E-state index in [9.17, 15) is 4.79 Å². The molecule has 21 heavy (non-hydrogen) atoms. The second-order valence-electron chi connectivity index (χ2n) is 7.69. The zero-order valence-corrected chi connectivity index (χ0v) is 14.1. The molecule has 0 aromatic carbocycles. The Balaban J connectivity index is 1.57. The summed E-state index contributed by atoms with van der Waals surface area (Å²) in [6.45, 7) is 4.21. The summed E-state index contributed by atoms with van der Waals surface area (Å²) in [5, 5.41) is 0. The molecule has 1 amide bonds. The van der Waals surface area contributed by atoms with Crippen LogP contribution in [0.4, 0.5) is 0 Å². The average molecular weight is 303 g/mol. The lowest BCUT2D eigenvalue weighted by Gasteiger charge is -2.56. The van der Waals surface area contributed by atoms with Crippen LogP contribution < -0.4 is 0 Å². The van der Waals surface area contributed by atoms with E-state index in [1.807, 2.05) is 0 Å². The highest BCUT2D eigenvalue weighted by Crippen LogP contribution is 2.55. The third-order valence-electron chi connectivity index (χ3n) is 6.32. The van der Waals surface area contributed by atoms with E-state index in [-0.39, 0.29) is 5.91 Å². The number of carbonyl (C=O) groups is 1. The molecule has 0 N–H and O–H groups in total. The molecule has 4 saturated carbocycles. The van der Waals surface area contributed by atoms with Gasteiger partial charge < -0.3 is 4.90 Å². The van der Waals surface area contributed by atoms with E-state index in [0.717, 1.165) is 28.5 Å². The van der Waals surface area contributed by atoms with Crippen molar-refractivity contribution in [3.63, 3.8) is 0 Å². The van der Waals surface area contributed by atoms with Gasteiger partial charge in [0.05, 0.1) is 4.88 Å². The molecule has 1 aromatic rings. The molecule has 4 aliphatic rings. The summed E-state index contributed by atoms with van der Waals surface area (Å²) in [6.07, 6.45) is 6.96. The predicted octanol–water partition coefficient (Wildman–Crippen LogP) is 4.26. The van der Waals surface area contributed by atoms with Gasteiger partial charge in [-0.05, 0) is 81.3 Å². The van der Waals surface area contributed by atoms with Gasteiger partial charge in [-0.15, -0.1) is 11.3 Å². The lowest BCUT2D eigenvalue weighted by atomic mass is 9.54. The van der Waals surface area contributed by atoms with Crippen molar-refractivity contribution in [1.82, 2.24) is 4.90 Å². The van der Waals surface area contributed by atoms with Crippen LogP contribution in [-0.2, 0) is 0 Å². The summed E-state index contributed by atoms with van der Waals surface area (Å²) >= 11 is 1.66. The van der Waals surface area contributed by atoms with Gasteiger partial charge in [-0.25, -0.2) is 0 Å². The highest BCUT2D eigenvalue weighted by atomic mass is 32.1. The fourth-order valence-corrected chi connectivity index (χ4v) is 6.53. The summed E-state index contributed by atoms with van der Waals surface area (Å²) in [7, 11) is 2.06. The molecular weight excluding hydrogens is 278 g/mol. The average Bonchev–Trinajstić information content (AvgIpc) is 2.76. The van der Waals surface area contributed by atoms with E-state index in [0.29, 0.717) is 6.04 Å².